The van der Waals surface area contributed by atoms with Crippen LogP contribution in [0.5, 0.6) is 0 Å². The van der Waals surface area contributed by atoms with E-state index in [9.17, 15) is 4.39 Å². The van der Waals surface area contributed by atoms with Gasteiger partial charge in [-0.1, -0.05) is 0 Å². The minimum Gasteiger partial charge on any atom is -0.381 e. The minimum atomic E-state index is -1.15. The van der Waals surface area contributed by atoms with Gasteiger partial charge in [0.15, 0.2) is 5.79 Å². The van der Waals surface area contributed by atoms with Gasteiger partial charge in [0.2, 0.25) is 0 Å². The van der Waals surface area contributed by atoms with Gasteiger partial charge in [-0.15, -0.1) is 0 Å². The smallest absolute Gasteiger partial charge is 0.165 e. The number of nitrogens with one attached hydrogen (secondary N) is 1. The van der Waals surface area contributed by atoms with Crippen LogP contribution < -0.4 is 5.32 Å². The van der Waals surface area contributed by atoms with Crippen molar-refractivity contribution in [2.75, 3.05) is 20.3 Å². The van der Waals surface area contributed by atoms with Crippen LogP contribution in [0.1, 0.15) is 12.8 Å². The van der Waals surface area contributed by atoms with E-state index in [0.29, 0.717) is 26.1 Å². The van der Waals surface area contributed by atoms with E-state index < -0.39 is 5.79 Å². The van der Waals surface area contributed by atoms with E-state index in [1.807, 2.05) is 0 Å². The van der Waals surface area contributed by atoms with Crippen LogP contribution in [0.25, 0.3) is 0 Å². The largest absolute Gasteiger partial charge is 0.381 e. The lowest BCUT2D eigenvalue weighted by Gasteiger charge is -2.28. The van der Waals surface area contributed by atoms with Crippen molar-refractivity contribution in [1.29, 1.82) is 0 Å². The molecule has 1 aliphatic rings. The van der Waals surface area contributed by atoms with E-state index in [2.05, 4.69) is 5.32 Å². The quantitative estimate of drug-likeness (QED) is 0.531. The molecule has 0 radical (unpaired) electrons. The number of hydrogen-bond donors (Lipinski definition) is 1. The molecule has 1 saturated heterocycles. The first-order valence-electron chi connectivity index (χ1n) is 3.22. The van der Waals surface area contributed by atoms with Crippen LogP contribution in [0.15, 0.2) is 0 Å². The molecular formula is C6H12FNO. The Labute approximate surface area is 54.4 Å². The zero-order chi connectivity index (χ0) is 6.74. The molecule has 1 fully saturated rings. The molecule has 0 aromatic heterocycles. The summed E-state index contributed by atoms with van der Waals surface area (Å²) in [5.74, 6) is -1.15. The second-order valence-corrected chi connectivity index (χ2v) is 2.33. The van der Waals surface area contributed by atoms with Crippen LogP contribution in [0, 0.1) is 0 Å². The normalized spacial score (nSPS) is 26.0. The molecule has 0 unspecified atom stereocenters. The van der Waals surface area contributed by atoms with Gasteiger partial charge in [-0.2, -0.15) is 0 Å². The highest BCUT2D eigenvalue weighted by molar-refractivity contribution is 4.76. The van der Waals surface area contributed by atoms with E-state index in [0.717, 1.165) is 0 Å². The number of rotatable bonds is 1. The highest BCUT2D eigenvalue weighted by Gasteiger charge is 2.29. The summed E-state index contributed by atoms with van der Waals surface area (Å²) in [5, 5.41) is 2.63. The van der Waals surface area contributed by atoms with E-state index in [4.69, 9.17) is 4.74 Å². The van der Waals surface area contributed by atoms with Crippen molar-refractivity contribution in [3.8, 4) is 0 Å². The van der Waals surface area contributed by atoms with Crippen molar-refractivity contribution in [3.05, 3.63) is 0 Å². The van der Waals surface area contributed by atoms with Gasteiger partial charge in [0.05, 0.1) is 13.2 Å². The van der Waals surface area contributed by atoms with Crippen molar-refractivity contribution >= 4 is 0 Å². The summed E-state index contributed by atoms with van der Waals surface area (Å²) in [7, 11) is 1.64. The highest BCUT2D eigenvalue weighted by Crippen LogP contribution is 2.20. The lowest BCUT2D eigenvalue weighted by molar-refractivity contribution is -0.0238. The summed E-state index contributed by atoms with van der Waals surface area (Å²) in [5.41, 5.74) is 0. The van der Waals surface area contributed by atoms with Crippen LogP contribution in [0.3, 0.4) is 0 Å². The molecule has 0 saturated carbocycles. The average Bonchev–Trinajstić information content (AvgIpc) is 1.90. The van der Waals surface area contributed by atoms with Crippen molar-refractivity contribution in [1.82, 2.24) is 5.32 Å². The number of ether oxygens (including phenoxy) is 1. The van der Waals surface area contributed by atoms with Crippen molar-refractivity contribution in [2.24, 2.45) is 0 Å². The van der Waals surface area contributed by atoms with E-state index in [-0.39, 0.29) is 0 Å². The maximum Gasteiger partial charge on any atom is 0.165 e. The van der Waals surface area contributed by atoms with Crippen LogP contribution >= 0.6 is 0 Å². The maximum absolute atomic E-state index is 13.1. The predicted octanol–water partition coefficient (Wildman–Crippen LogP) is 0.682. The van der Waals surface area contributed by atoms with Crippen LogP contribution in [0.4, 0.5) is 4.39 Å². The van der Waals surface area contributed by atoms with Crippen LogP contribution in [-0.2, 0) is 4.74 Å². The SMILES string of the molecule is CNC1(F)CCOCC1. The molecule has 0 aromatic rings. The zero-order valence-electron chi connectivity index (χ0n) is 5.61. The third-order valence-electron chi connectivity index (χ3n) is 1.73. The Morgan fingerprint density at radius 2 is 2.00 bits per heavy atom. The molecule has 0 amide bonds. The minimum absolute atomic E-state index is 0.476. The van der Waals surface area contributed by atoms with E-state index in [1.165, 1.54) is 0 Å². The maximum atomic E-state index is 13.1. The zero-order valence-corrected chi connectivity index (χ0v) is 5.61. The Morgan fingerprint density at radius 3 is 2.33 bits per heavy atom. The highest BCUT2D eigenvalue weighted by atomic mass is 19.1. The second kappa shape index (κ2) is 2.62. The van der Waals surface area contributed by atoms with E-state index >= 15 is 0 Å². The van der Waals surface area contributed by atoms with Gasteiger partial charge in [0.1, 0.15) is 0 Å². The molecule has 3 heteroatoms. The third kappa shape index (κ3) is 1.63. The molecule has 1 heterocycles. The Hall–Kier alpha value is -0.150. The summed E-state index contributed by atoms with van der Waals surface area (Å²) in [6.45, 7) is 1.08. The first-order valence-corrected chi connectivity index (χ1v) is 3.22. The topological polar surface area (TPSA) is 21.3 Å². The fourth-order valence-corrected chi connectivity index (χ4v) is 0.945. The number of hydrogen-bond acceptors (Lipinski definition) is 2. The van der Waals surface area contributed by atoms with Crippen LogP contribution in [-0.4, -0.2) is 26.1 Å². The Balaban J connectivity index is 2.37. The Kier molecular flexibility index (Phi) is 2.03. The molecule has 1 N–H and O–H groups in total. The van der Waals surface area contributed by atoms with E-state index in [1.54, 1.807) is 7.05 Å². The fourth-order valence-electron chi connectivity index (χ4n) is 0.945. The predicted molar refractivity (Wildman–Crippen MR) is 33.0 cm³/mol. The molecule has 1 rings (SSSR count). The third-order valence-corrected chi connectivity index (χ3v) is 1.73. The van der Waals surface area contributed by atoms with Gasteiger partial charge in [0, 0.05) is 12.8 Å². The molecule has 0 bridgehead atoms. The van der Waals surface area contributed by atoms with Gasteiger partial charge in [-0.25, -0.2) is 4.39 Å². The van der Waals surface area contributed by atoms with Crippen molar-refractivity contribution in [3.63, 3.8) is 0 Å². The first-order chi connectivity index (χ1) is 4.27. The molecule has 2 nitrogen and oxygen atoms in total. The molecule has 0 aliphatic carbocycles. The summed E-state index contributed by atoms with van der Waals surface area (Å²) >= 11 is 0. The van der Waals surface area contributed by atoms with Gasteiger partial charge in [-0.05, 0) is 7.05 Å². The molecule has 1 aliphatic heterocycles. The van der Waals surface area contributed by atoms with Gasteiger partial charge >= 0.3 is 0 Å². The molecule has 9 heavy (non-hydrogen) atoms. The molecule has 0 aromatic carbocycles. The molecule has 54 valence electrons. The van der Waals surface area contributed by atoms with Crippen molar-refractivity contribution in [2.45, 2.75) is 18.6 Å². The second-order valence-electron chi connectivity index (χ2n) is 2.33. The summed E-state index contributed by atoms with van der Waals surface area (Å²) in [4.78, 5) is 0. The van der Waals surface area contributed by atoms with Crippen molar-refractivity contribution < 1.29 is 9.13 Å². The Morgan fingerprint density at radius 1 is 1.44 bits per heavy atom. The number of halogens is 1. The summed E-state index contributed by atoms with van der Waals surface area (Å²) in [6.07, 6.45) is 0.951. The average molecular weight is 133 g/mol. The monoisotopic (exact) mass is 133 g/mol. The van der Waals surface area contributed by atoms with Gasteiger partial charge in [0.25, 0.3) is 0 Å². The van der Waals surface area contributed by atoms with Gasteiger partial charge in [-0.3, -0.25) is 5.32 Å². The lowest BCUT2D eigenvalue weighted by Crippen LogP contribution is -2.43. The summed E-state index contributed by atoms with van der Waals surface area (Å²) in [6, 6.07) is 0. The van der Waals surface area contributed by atoms with Crippen LogP contribution in [0.2, 0.25) is 0 Å². The standard InChI is InChI=1S/C6H12FNO/c1-8-6(7)2-4-9-5-3-6/h8H,2-5H2,1H3. The molecule has 0 atom stereocenters. The number of alkyl halides is 1. The summed E-state index contributed by atoms with van der Waals surface area (Å²) < 4.78 is 18.1. The molecule has 0 spiro atoms. The lowest BCUT2D eigenvalue weighted by atomic mass is 10.1. The molecular weight excluding hydrogens is 121 g/mol. The first kappa shape index (κ1) is 6.96. The van der Waals surface area contributed by atoms with Gasteiger partial charge < -0.3 is 4.74 Å². The fraction of sp³-hybridized carbons (Fsp3) is 1.00. The Bertz CT molecular complexity index is 91.1.